The topological polar surface area (TPSA) is 83.0 Å². The summed E-state index contributed by atoms with van der Waals surface area (Å²) in [7, 11) is 0. The Hall–Kier alpha value is -1.30. The van der Waals surface area contributed by atoms with Crippen LogP contribution in [0.3, 0.4) is 0 Å². The van der Waals surface area contributed by atoms with Gasteiger partial charge in [-0.2, -0.15) is 0 Å². The minimum atomic E-state index is -1.20. The quantitative estimate of drug-likeness (QED) is 0.707. The summed E-state index contributed by atoms with van der Waals surface area (Å²) in [5.41, 5.74) is -0.190. The van der Waals surface area contributed by atoms with Crippen molar-refractivity contribution in [2.75, 3.05) is 6.26 Å². The van der Waals surface area contributed by atoms with E-state index in [4.69, 9.17) is 5.11 Å². The number of hydrogen-bond donors (Lipinski definition) is 2. The van der Waals surface area contributed by atoms with Gasteiger partial charge in [0.1, 0.15) is 5.69 Å². The van der Waals surface area contributed by atoms with Gasteiger partial charge in [-0.15, -0.1) is 0 Å². The van der Waals surface area contributed by atoms with Crippen LogP contribution in [0.15, 0.2) is 6.33 Å². The molecule has 0 aromatic carbocycles. The Labute approximate surface area is 72.2 Å². The summed E-state index contributed by atoms with van der Waals surface area (Å²) in [6.45, 7) is 0. The van der Waals surface area contributed by atoms with E-state index in [0.717, 1.165) is 11.8 Å². The Bertz CT molecular complexity index is 320. The number of rotatable bonds is 2. The van der Waals surface area contributed by atoms with Crippen molar-refractivity contribution in [3.8, 4) is 0 Å². The predicted octanol–water partition coefficient (Wildman–Crippen LogP) is 0.611. The van der Waals surface area contributed by atoms with Gasteiger partial charge in [-0.3, -0.25) is 4.79 Å². The van der Waals surface area contributed by atoms with E-state index in [9.17, 15) is 9.59 Å². The molecule has 5 nitrogen and oxygen atoms in total. The van der Waals surface area contributed by atoms with Crippen molar-refractivity contribution < 1.29 is 14.7 Å². The number of nitrogens with zero attached hydrogens (tertiary/aromatic N) is 1. The van der Waals surface area contributed by atoms with Gasteiger partial charge in [0.2, 0.25) is 5.12 Å². The van der Waals surface area contributed by atoms with E-state index >= 15 is 0 Å². The molecule has 0 radical (unpaired) electrons. The van der Waals surface area contributed by atoms with E-state index in [-0.39, 0.29) is 16.5 Å². The van der Waals surface area contributed by atoms with Crippen molar-refractivity contribution >= 4 is 22.8 Å². The normalized spacial score (nSPS) is 9.75. The Morgan fingerprint density at radius 1 is 1.67 bits per heavy atom. The molecule has 0 spiro atoms. The molecule has 1 aromatic heterocycles. The molecule has 6 heteroatoms. The summed E-state index contributed by atoms with van der Waals surface area (Å²) < 4.78 is 0. The number of imidazole rings is 1. The van der Waals surface area contributed by atoms with Gasteiger partial charge in [-0.05, 0) is 6.26 Å². The Kier molecular flexibility index (Phi) is 2.49. The highest BCUT2D eigenvalue weighted by Crippen LogP contribution is 2.10. The highest BCUT2D eigenvalue weighted by Gasteiger charge is 2.18. The first-order valence-electron chi connectivity index (χ1n) is 3.01. The highest BCUT2D eigenvalue weighted by atomic mass is 32.2. The van der Waals surface area contributed by atoms with Crippen molar-refractivity contribution in [3.63, 3.8) is 0 Å². The standard InChI is InChI=1S/C6H6N2O3S/c1-12-6(11)4-3(5(9)10)7-2-8-4/h2H,1H3,(H,7,8)(H,9,10). The maximum Gasteiger partial charge on any atom is 0.356 e. The summed E-state index contributed by atoms with van der Waals surface area (Å²) in [4.78, 5) is 27.5. The molecule has 1 aromatic rings. The van der Waals surface area contributed by atoms with Crippen LogP contribution in [0.1, 0.15) is 21.0 Å². The lowest BCUT2D eigenvalue weighted by Gasteiger charge is -1.92. The van der Waals surface area contributed by atoms with Crippen LogP contribution >= 0.6 is 11.8 Å². The van der Waals surface area contributed by atoms with Crippen molar-refractivity contribution in [3.05, 3.63) is 17.7 Å². The Balaban J connectivity index is 3.07. The molecule has 1 heterocycles. The monoisotopic (exact) mass is 186 g/mol. The van der Waals surface area contributed by atoms with Crippen LogP contribution < -0.4 is 0 Å². The van der Waals surface area contributed by atoms with Crippen molar-refractivity contribution in [2.45, 2.75) is 0 Å². The molecule has 2 N–H and O–H groups in total. The molecule has 1 rings (SSSR count). The molecule has 64 valence electrons. The summed E-state index contributed by atoms with van der Waals surface area (Å²) in [5, 5.41) is 8.23. The molecule has 0 aliphatic carbocycles. The molecule has 0 atom stereocenters. The minimum Gasteiger partial charge on any atom is -0.476 e. The summed E-state index contributed by atoms with van der Waals surface area (Å²) in [6.07, 6.45) is 2.77. The SMILES string of the molecule is CSC(=O)c1[nH]cnc1C(=O)O. The zero-order valence-electron chi connectivity index (χ0n) is 6.20. The van der Waals surface area contributed by atoms with E-state index in [2.05, 4.69) is 9.97 Å². The van der Waals surface area contributed by atoms with Crippen molar-refractivity contribution in [1.29, 1.82) is 0 Å². The first-order valence-corrected chi connectivity index (χ1v) is 4.24. The van der Waals surface area contributed by atoms with Gasteiger partial charge in [0.05, 0.1) is 6.33 Å². The van der Waals surface area contributed by atoms with Crippen LogP contribution in [-0.4, -0.2) is 32.4 Å². The number of aromatic amines is 1. The van der Waals surface area contributed by atoms with Crippen LogP contribution in [0.2, 0.25) is 0 Å². The predicted molar refractivity (Wildman–Crippen MR) is 43.4 cm³/mol. The van der Waals surface area contributed by atoms with E-state index < -0.39 is 5.97 Å². The second-order valence-electron chi connectivity index (χ2n) is 1.92. The number of carboxylic acid groups (broad SMARTS) is 1. The largest absolute Gasteiger partial charge is 0.476 e. The zero-order valence-corrected chi connectivity index (χ0v) is 7.01. The molecule has 0 aliphatic heterocycles. The third kappa shape index (κ3) is 1.48. The number of hydrogen-bond acceptors (Lipinski definition) is 4. The van der Waals surface area contributed by atoms with Gasteiger partial charge in [0, 0.05) is 0 Å². The molecule has 0 fully saturated rings. The summed E-state index contributed by atoms with van der Waals surface area (Å²) in [5.74, 6) is -1.20. The molecule has 0 aliphatic rings. The van der Waals surface area contributed by atoms with Gasteiger partial charge in [-0.1, -0.05) is 11.8 Å². The van der Waals surface area contributed by atoms with Gasteiger partial charge >= 0.3 is 5.97 Å². The summed E-state index contributed by atoms with van der Waals surface area (Å²) in [6, 6.07) is 0. The number of H-pyrrole nitrogens is 1. The van der Waals surface area contributed by atoms with Crippen LogP contribution in [0.5, 0.6) is 0 Å². The molecule has 0 bridgehead atoms. The number of nitrogens with one attached hydrogen (secondary N) is 1. The lowest BCUT2D eigenvalue weighted by molar-refractivity contribution is 0.0687. The fourth-order valence-corrected chi connectivity index (χ4v) is 1.07. The van der Waals surface area contributed by atoms with Crippen LogP contribution in [0.25, 0.3) is 0 Å². The maximum atomic E-state index is 11.0. The van der Waals surface area contributed by atoms with Crippen molar-refractivity contribution in [1.82, 2.24) is 9.97 Å². The van der Waals surface area contributed by atoms with Gasteiger partial charge in [0.25, 0.3) is 0 Å². The lowest BCUT2D eigenvalue weighted by atomic mass is 10.3. The average Bonchev–Trinajstić information content (AvgIpc) is 2.50. The molecular formula is C6H6N2O3S. The zero-order chi connectivity index (χ0) is 9.14. The third-order valence-electron chi connectivity index (χ3n) is 1.23. The first-order chi connectivity index (χ1) is 5.66. The first kappa shape index (κ1) is 8.79. The maximum absolute atomic E-state index is 11.0. The smallest absolute Gasteiger partial charge is 0.356 e. The van der Waals surface area contributed by atoms with Gasteiger partial charge < -0.3 is 10.1 Å². The second kappa shape index (κ2) is 3.40. The number of carbonyl (C=O) groups excluding carboxylic acids is 1. The average molecular weight is 186 g/mol. The highest BCUT2D eigenvalue weighted by molar-refractivity contribution is 8.13. The van der Waals surface area contributed by atoms with Crippen molar-refractivity contribution in [2.24, 2.45) is 0 Å². The van der Waals surface area contributed by atoms with Crippen LogP contribution in [-0.2, 0) is 0 Å². The Morgan fingerprint density at radius 2 is 2.33 bits per heavy atom. The van der Waals surface area contributed by atoms with E-state index in [1.54, 1.807) is 6.26 Å². The molecule has 0 unspecified atom stereocenters. The Morgan fingerprint density at radius 3 is 2.83 bits per heavy atom. The molecule has 0 amide bonds. The molecule has 0 saturated heterocycles. The van der Waals surface area contributed by atoms with Crippen LogP contribution in [0.4, 0.5) is 0 Å². The minimum absolute atomic E-state index is 0.0370. The van der Waals surface area contributed by atoms with Crippen LogP contribution in [0, 0.1) is 0 Å². The molecular weight excluding hydrogens is 180 g/mol. The second-order valence-corrected chi connectivity index (χ2v) is 2.70. The number of carbonyl (C=O) groups is 2. The van der Waals surface area contributed by atoms with E-state index in [1.807, 2.05) is 0 Å². The lowest BCUT2D eigenvalue weighted by Crippen LogP contribution is -2.05. The number of thioether (sulfide) groups is 1. The number of carboxylic acids is 1. The third-order valence-corrected chi connectivity index (χ3v) is 1.81. The van der Waals surface area contributed by atoms with Gasteiger partial charge in [0.15, 0.2) is 5.69 Å². The molecule has 0 saturated carbocycles. The fourth-order valence-electron chi connectivity index (χ4n) is 0.714. The summed E-state index contributed by atoms with van der Waals surface area (Å²) >= 11 is 0.941. The van der Waals surface area contributed by atoms with Gasteiger partial charge in [-0.25, -0.2) is 9.78 Å². The number of aromatic nitrogens is 2. The molecule has 12 heavy (non-hydrogen) atoms. The van der Waals surface area contributed by atoms with E-state index in [1.165, 1.54) is 6.33 Å². The number of aromatic carboxylic acids is 1. The fraction of sp³-hybridized carbons (Fsp3) is 0.167. The van der Waals surface area contributed by atoms with E-state index in [0.29, 0.717) is 0 Å².